The van der Waals surface area contributed by atoms with Gasteiger partial charge in [-0.25, -0.2) is 9.59 Å². The standard InChI is InChI=1S/C25H22N2O5/c1-3-12-31-22-10-8-18(9-11-22)13-21(17-27)25(29)32-23-7-5-6-19(15-23)14-20(16-26)24(28)30-4-2/h5-11,13-15H,3-4,12H2,1-2H3/b20-14+,21-13+. The topological polar surface area (TPSA) is 109 Å². The Labute approximate surface area is 186 Å². The fraction of sp³-hybridized carbons (Fsp3) is 0.200. The molecule has 0 aliphatic rings. The molecule has 0 atom stereocenters. The first-order chi connectivity index (χ1) is 15.5. The van der Waals surface area contributed by atoms with Crippen molar-refractivity contribution in [2.75, 3.05) is 13.2 Å². The van der Waals surface area contributed by atoms with E-state index in [2.05, 4.69) is 0 Å². The molecule has 0 saturated heterocycles. The maximum absolute atomic E-state index is 12.5. The van der Waals surface area contributed by atoms with Crippen LogP contribution in [-0.2, 0) is 14.3 Å². The summed E-state index contributed by atoms with van der Waals surface area (Å²) in [6, 6.07) is 16.9. The number of esters is 2. The van der Waals surface area contributed by atoms with Crippen molar-refractivity contribution < 1.29 is 23.8 Å². The lowest BCUT2D eigenvalue weighted by atomic mass is 10.1. The SMILES string of the molecule is CCCOc1ccc(/C=C(\C#N)C(=O)Oc2cccc(/C=C(\C#N)C(=O)OCC)c2)cc1. The van der Waals surface area contributed by atoms with Gasteiger partial charge in [0, 0.05) is 0 Å². The van der Waals surface area contributed by atoms with Crippen LogP contribution < -0.4 is 9.47 Å². The van der Waals surface area contributed by atoms with Crippen molar-refractivity contribution in [2.45, 2.75) is 20.3 Å². The van der Waals surface area contributed by atoms with Crippen molar-refractivity contribution in [3.63, 3.8) is 0 Å². The maximum Gasteiger partial charge on any atom is 0.354 e. The molecule has 0 fully saturated rings. The molecule has 32 heavy (non-hydrogen) atoms. The van der Waals surface area contributed by atoms with Crippen molar-refractivity contribution in [2.24, 2.45) is 0 Å². The highest BCUT2D eigenvalue weighted by Crippen LogP contribution is 2.19. The number of hydrogen-bond acceptors (Lipinski definition) is 7. The van der Waals surface area contributed by atoms with Gasteiger partial charge in [0.1, 0.15) is 34.8 Å². The highest BCUT2D eigenvalue weighted by atomic mass is 16.5. The second-order valence-electron chi connectivity index (χ2n) is 6.44. The molecule has 0 N–H and O–H groups in total. The predicted molar refractivity (Wildman–Crippen MR) is 118 cm³/mol. The summed E-state index contributed by atoms with van der Waals surface area (Å²) >= 11 is 0. The summed E-state index contributed by atoms with van der Waals surface area (Å²) in [6.07, 6.45) is 3.65. The molecule has 2 rings (SSSR count). The average Bonchev–Trinajstić information content (AvgIpc) is 2.80. The van der Waals surface area contributed by atoms with Gasteiger partial charge in [-0.2, -0.15) is 10.5 Å². The van der Waals surface area contributed by atoms with Crippen LogP contribution in [0.15, 0.2) is 59.7 Å². The molecular weight excluding hydrogens is 408 g/mol. The molecule has 0 amide bonds. The summed E-state index contributed by atoms with van der Waals surface area (Å²) in [5.41, 5.74) is 0.744. The van der Waals surface area contributed by atoms with Gasteiger partial charge >= 0.3 is 11.9 Å². The monoisotopic (exact) mass is 430 g/mol. The molecule has 7 heteroatoms. The van der Waals surface area contributed by atoms with Crippen LogP contribution in [0.25, 0.3) is 12.2 Å². The minimum absolute atomic E-state index is 0.146. The van der Waals surface area contributed by atoms with Gasteiger partial charge in [0.25, 0.3) is 0 Å². The van der Waals surface area contributed by atoms with Crippen molar-refractivity contribution in [3.05, 3.63) is 70.8 Å². The zero-order valence-electron chi connectivity index (χ0n) is 17.8. The van der Waals surface area contributed by atoms with Gasteiger partial charge in [0.15, 0.2) is 0 Å². The van der Waals surface area contributed by atoms with Crippen molar-refractivity contribution in [3.8, 4) is 23.6 Å². The van der Waals surface area contributed by atoms with Crippen LogP contribution in [0, 0.1) is 22.7 Å². The molecule has 0 saturated carbocycles. The van der Waals surface area contributed by atoms with Gasteiger partial charge in [-0.3, -0.25) is 0 Å². The number of ether oxygens (including phenoxy) is 3. The minimum Gasteiger partial charge on any atom is -0.494 e. The maximum atomic E-state index is 12.5. The van der Waals surface area contributed by atoms with Gasteiger partial charge in [0.2, 0.25) is 0 Å². The summed E-state index contributed by atoms with van der Waals surface area (Å²) < 4.78 is 15.6. The summed E-state index contributed by atoms with van der Waals surface area (Å²) in [5, 5.41) is 18.5. The predicted octanol–water partition coefficient (Wildman–Crippen LogP) is 4.46. The van der Waals surface area contributed by atoms with E-state index in [1.54, 1.807) is 49.4 Å². The number of carbonyl (C=O) groups is 2. The quantitative estimate of drug-likeness (QED) is 0.250. The van der Waals surface area contributed by atoms with E-state index in [4.69, 9.17) is 19.5 Å². The second kappa shape index (κ2) is 12.4. The molecule has 162 valence electrons. The molecule has 0 heterocycles. The van der Waals surface area contributed by atoms with E-state index < -0.39 is 11.9 Å². The summed E-state index contributed by atoms with van der Waals surface area (Å²) in [5.74, 6) is -0.701. The molecule has 0 spiro atoms. The zero-order valence-corrected chi connectivity index (χ0v) is 17.8. The Morgan fingerprint density at radius 3 is 2.16 bits per heavy atom. The number of hydrogen-bond donors (Lipinski definition) is 0. The molecule has 0 aromatic heterocycles. The van der Waals surface area contributed by atoms with Crippen LogP contribution in [0.3, 0.4) is 0 Å². The molecule has 0 unspecified atom stereocenters. The van der Waals surface area contributed by atoms with Crippen molar-refractivity contribution in [1.29, 1.82) is 10.5 Å². The van der Waals surface area contributed by atoms with Crippen molar-refractivity contribution in [1.82, 2.24) is 0 Å². The fourth-order valence-electron chi connectivity index (χ4n) is 2.53. The van der Waals surface area contributed by atoms with Crippen LogP contribution in [0.1, 0.15) is 31.4 Å². The molecule has 2 aromatic carbocycles. The number of rotatable bonds is 9. The lowest BCUT2D eigenvalue weighted by Gasteiger charge is -2.06. The lowest BCUT2D eigenvalue weighted by Crippen LogP contribution is -2.10. The Morgan fingerprint density at radius 2 is 1.53 bits per heavy atom. The molecule has 0 aliphatic heterocycles. The fourth-order valence-corrected chi connectivity index (χ4v) is 2.53. The third-order valence-electron chi connectivity index (χ3n) is 4.00. The minimum atomic E-state index is -0.828. The van der Waals surface area contributed by atoms with E-state index in [0.29, 0.717) is 23.5 Å². The van der Waals surface area contributed by atoms with Crippen LogP contribution in [0.2, 0.25) is 0 Å². The molecule has 2 aromatic rings. The lowest BCUT2D eigenvalue weighted by molar-refractivity contribution is -0.138. The average molecular weight is 430 g/mol. The van der Waals surface area contributed by atoms with Gasteiger partial charge in [0.05, 0.1) is 13.2 Å². The normalized spacial score (nSPS) is 11.1. The first-order valence-corrected chi connectivity index (χ1v) is 9.96. The molecule has 0 radical (unpaired) electrons. The number of nitrogens with zero attached hydrogens (tertiary/aromatic N) is 2. The van der Waals surface area contributed by atoms with E-state index in [-0.39, 0.29) is 23.5 Å². The summed E-state index contributed by atoms with van der Waals surface area (Å²) in [7, 11) is 0. The Bertz CT molecular complexity index is 1100. The zero-order chi connectivity index (χ0) is 23.3. The van der Waals surface area contributed by atoms with E-state index in [0.717, 1.165) is 6.42 Å². The number of nitriles is 2. The van der Waals surface area contributed by atoms with Gasteiger partial charge in [-0.05, 0) is 60.9 Å². The molecule has 0 aliphatic carbocycles. The van der Waals surface area contributed by atoms with Crippen molar-refractivity contribution >= 4 is 24.1 Å². The number of carbonyl (C=O) groups excluding carboxylic acids is 2. The van der Waals surface area contributed by atoms with Crippen LogP contribution >= 0.6 is 0 Å². The third-order valence-corrected chi connectivity index (χ3v) is 4.00. The highest BCUT2D eigenvalue weighted by Gasteiger charge is 2.13. The number of benzene rings is 2. The van der Waals surface area contributed by atoms with Crippen LogP contribution in [0.5, 0.6) is 11.5 Å². The second-order valence-corrected chi connectivity index (χ2v) is 6.44. The third kappa shape index (κ3) is 7.16. The van der Waals surface area contributed by atoms with E-state index in [1.165, 1.54) is 24.3 Å². The van der Waals surface area contributed by atoms with Gasteiger partial charge in [-0.1, -0.05) is 31.2 Å². The highest BCUT2D eigenvalue weighted by molar-refractivity contribution is 5.99. The van der Waals surface area contributed by atoms with Gasteiger partial charge < -0.3 is 14.2 Å². The van der Waals surface area contributed by atoms with E-state index >= 15 is 0 Å². The van der Waals surface area contributed by atoms with E-state index in [1.807, 2.05) is 13.0 Å². The summed E-state index contributed by atoms with van der Waals surface area (Å²) in [6.45, 7) is 4.40. The Hall–Kier alpha value is -4.36. The molecule has 0 bridgehead atoms. The largest absolute Gasteiger partial charge is 0.494 e. The first-order valence-electron chi connectivity index (χ1n) is 9.96. The molecule has 7 nitrogen and oxygen atoms in total. The summed E-state index contributed by atoms with van der Waals surface area (Å²) in [4.78, 5) is 24.2. The smallest absolute Gasteiger partial charge is 0.354 e. The van der Waals surface area contributed by atoms with Gasteiger partial charge in [-0.15, -0.1) is 0 Å². The Kier molecular flexibility index (Phi) is 9.24. The first kappa shape index (κ1) is 23.9. The van der Waals surface area contributed by atoms with E-state index in [9.17, 15) is 14.9 Å². The molecular formula is C25H22N2O5. The van der Waals surface area contributed by atoms with Crippen LogP contribution in [0.4, 0.5) is 0 Å². The van der Waals surface area contributed by atoms with Crippen LogP contribution in [-0.4, -0.2) is 25.2 Å². The Balaban J connectivity index is 2.16. The Morgan fingerprint density at radius 1 is 0.875 bits per heavy atom.